The average molecular weight is 335 g/mol. The zero-order valence-electron chi connectivity index (χ0n) is 13.1. The molecular formula is C17H23ClN4O. The summed E-state index contributed by atoms with van der Waals surface area (Å²) in [5.41, 5.74) is 2.06. The van der Waals surface area contributed by atoms with Crippen LogP contribution in [0, 0.1) is 0 Å². The minimum Gasteiger partial charge on any atom is -0.379 e. The predicted octanol–water partition coefficient (Wildman–Crippen LogP) is 2.70. The lowest BCUT2D eigenvalue weighted by molar-refractivity contribution is 0.0378. The molecule has 1 aliphatic heterocycles. The van der Waals surface area contributed by atoms with Crippen LogP contribution in [0.5, 0.6) is 0 Å². The Balaban J connectivity index is 0.00000192. The highest BCUT2D eigenvalue weighted by Crippen LogP contribution is 2.17. The number of hydrogen-bond acceptors (Lipinski definition) is 5. The Bertz CT molecular complexity index is 576. The molecule has 1 saturated heterocycles. The molecule has 0 radical (unpaired) electrons. The van der Waals surface area contributed by atoms with Gasteiger partial charge in [-0.1, -0.05) is 30.3 Å². The summed E-state index contributed by atoms with van der Waals surface area (Å²) >= 11 is 0. The van der Waals surface area contributed by atoms with Gasteiger partial charge in [0.1, 0.15) is 12.1 Å². The van der Waals surface area contributed by atoms with Crippen LogP contribution in [0.4, 0.5) is 5.82 Å². The van der Waals surface area contributed by atoms with Gasteiger partial charge in [0.2, 0.25) is 0 Å². The van der Waals surface area contributed by atoms with Crippen molar-refractivity contribution in [3.8, 4) is 11.3 Å². The number of hydrogen-bond donors (Lipinski definition) is 1. The van der Waals surface area contributed by atoms with Gasteiger partial charge in [0, 0.05) is 31.3 Å². The molecule has 124 valence electrons. The fourth-order valence-electron chi connectivity index (χ4n) is 2.56. The molecule has 6 heteroatoms. The summed E-state index contributed by atoms with van der Waals surface area (Å²) in [5.74, 6) is 0.885. The molecule has 2 heterocycles. The zero-order chi connectivity index (χ0) is 15.0. The van der Waals surface area contributed by atoms with Crippen molar-refractivity contribution in [2.75, 3.05) is 44.7 Å². The molecule has 1 aliphatic rings. The van der Waals surface area contributed by atoms with Gasteiger partial charge in [0.15, 0.2) is 0 Å². The Hall–Kier alpha value is -1.69. The summed E-state index contributed by atoms with van der Waals surface area (Å²) in [4.78, 5) is 11.1. The fraction of sp³-hybridized carbons (Fsp3) is 0.412. The van der Waals surface area contributed by atoms with Crippen LogP contribution in [0.15, 0.2) is 42.7 Å². The minimum atomic E-state index is 0. The van der Waals surface area contributed by atoms with Crippen molar-refractivity contribution < 1.29 is 4.74 Å². The second-order valence-corrected chi connectivity index (χ2v) is 5.39. The Kier molecular flexibility index (Phi) is 7.26. The maximum atomic E-state index is 5.36. The van der Waals surface area contributed by atoms with Crippen LogP contribution in [0.3, 0.4) is 0 Å². The van der Waals surface area contributed by atoms with Crippen molar-refractivity contribution in [1.82, 2.24) is 14.9 Å². The van der Waals surface area contributed by atoms with Gasteiger partial charge >= 0.3 is 0 Å². The van der Waals surface area contributed by atoms with Gasteiger partial charge in [-0.3, -0.25) is 4.90 Å². The first-order chi connectivity index (χ1) is 10.9. The number of anilines is 1. The lowest BCUT2D eigenvalue weighted by atomic mass is 10.1. The van der Waals surface area contributed by atoms with E-state index in [1.54, 1.807) is 6.33 Å². The van der Waals surface area contributed by atoms with Crippen molar-refractivity contribution in [3.05, 3.63) is 42.7 Å². The van der Waals surface area contributed by atoms with Gasteiger partial charge in [-0.15, -0.1) is 12.4 Å². The van der Waals surface area contributed by atoms with Gasteiger partial charge in [-0.25, -0.2) is 9.97 Å². The molecule has 1 fully saturated rings. The molecule has 0 bridgehead atoms. The number of morpholine rings is 1. The van der Waals surface area contributed by atoms with Crippen LogP contribution in [-0.2, 0) is 4.74 Å². The first-order valence-corrected chi connectivity index (χ1v) is 7.83. The van der Waals surface area contributed by atoms with Gasteiger partial charge in [0.05, 0.1) is 18.9 Å². The number of nitrogens with one attached hydrogen (secondary N) is 1. The fourth-order valence-corrected chi connectivity index (χ4v) is 2.56. The largest absolute Gasteiger partial charge is 0.379 e. The Morgan fingerprint density at radius 1 is 1.09 bits per heavy atom. The monoisotopic (exact) mass is 334 g/mol. The molecule has 0 spiro atoms. The second-order valence-electron chi connectivity index (χ2n) is 5.39. The molecule has 1 N–H and O–H groups in total. The van der Waals surface area contributed by atoms with E-state index in [2.05, 4.69) is 32.3 Å². The zero-order valence-corrected chi connectivity index (χ0v) is 14.0. The highest BCUT2D eigenvalue weighted by atomic mass is 35.5. The smallest absolute Gasteiger partial charge is 0.129 e. The normalized spacial score (nSPS) is 15.0. The van der Waals surface area contributed by atoms with Crippen molar-refractivity contribution in [2.24, 2.45) is 0 Å². The van der Waals surface area contributed by atoms with E-state index in [0.717, 1.165) is 62.9 Å². The molecule has 0 saturated carbocycles. The molecule has 0 aliphatic carbocycles. The van der Waals surface area contributed by atoms with E-state index in [1.165, 1.54) is 0 Å². The van der Waals surface area contributed by atoms with Crippen molar-refractivity contribution >= 4 is 18.2 Å². The van der Waals surface area contributed by atoms with Crippen LogP contribution >= 0.6 is 12.4 Å². The topological polar surface area (TPSA) is 50.3 Å². The lowest BCUT2D eigenvalue weighted by Crippen LogP contribution is -2.37. The lowest BCUT2D eigenvalue weighted by Gasteiger charge is -2.26. The average Bonchev–Trinajstić information content (AvgIpc) is 2.61. The highest BCUT2D eigenvalue weighted by molar-refractivity contribution is 5.85. The first-order valence-electron chi connectivity index (χ1n) is 7.83. The quantitative estimate of drug-likeness (QED) is 0.823. The maximum Gasteiger partial charge on any atom is 0.129 e. The van der Waals surface area contributed by atoms with Crippen molar-refractivity contribution in [3.63, 3.8) is 0 Å². The van der Waals surface area contributed by atoms with E-state index in [4.69, 9.17) is 4.74 Å². The number of benzene rings is 1. The summed E-state index contributed by atoms with van der Waals surface area (Å²) in [5, 5.41) is 3.39. The van der Waals surface area contributed by atoms with Gasteiger partial charge in [-0.2, -0.15) is 0 Å². The van der Waals surface area contributed by atoms with Gasteiger partial charge in [0.25, 0.3) is 0 Å². The predicted molar refractivity (Wildman–Crippen MR) is 95.1 cm³/mol. The Morgan fingerprint density at radius 2 is 1.87 bits per heavy atom. The van der Waals surface area contributed by atoms with Crippen LogP contribution in [-0.4, -0.2) is 54.3 Å². The summed E-state index contributed by atoms with van der Waals surface area (Å²) < 4.78 is 5.36. The molecule has 0 unspecified atom stereocenters. The van der Waals surface area contributed by atoms with E-state index < -0.39 is 0 Å². The van der Waals surface area contributed by atoms with Crippen LogP contribution in [0.2, 0.25) is 0 Å². The minimum absolute atomic E-state index is 0. The number of rotatable bonds is 6. The number of ether oxygens (including phenoxy) is 1. The SMILES string of the molecule is Cl.c1ccc(-c2cc(NCCCN3CCOCC3)ncn2)cc1. The number of halogens is 1. The highest BCUT2D eigenvalue weighted by Gasteiger charge is 2.09. The molecule has 2 aromatic rings. The molecule has 0 atom stereocenters. The number of nitrogens with zero attached hydrogens (tertiary/aromatic N) is 3. The van der Waals surface area contributed by atoms with E-state index >= 15 is 0 Å². The van der Waals surface area contributed by atoms with E-state index in [0.29, 0.717) is 0 Å². The van der Waals surface area contributed by atoms with Crippen molar-refractivity contribution in [1.29, 1.82) is 0 Å². The maximum absolute atomic E-state index is 5.36. The molecular weight excluding hydrogens is 312 g/mol. The molecule has 3 rings (SSSR count). The van der Waals surface area contributed by atoms with Crippen LogP contribution in [0.25, 0.3) is 11.3 Å². The summed E-state index contributed by atoms with van der Waals surface area (Å²) in [6.45, 7) is 5.84. The molecule has 5 nitrogen and oxygen atoms in total. The molecule has 0 amide bonds. The molecule has 23 heavy (non-hydrogen) atoms. The third-order valence-corrected chi connectivity index (χ3v) is 3.80. The Labute approximate surface area is 143 Å². The summed E-state index contributed by atoms with van der Waals surface area (Å²) in [6, 6.07) is 12.2. The summed E-state index contributed by atoms with van der Waals surface area (Å²) in [6.07, 6.45) is 2.72. The molecule has 1 aromatic heterocycles. The van der Waals surface area contributed by atoms with E-state index in [-0.39, 0.29) is 12.4 Å². The second kappa shape index (κ2) is 9.45. The van der Waals surface area contributed by atoms with Gasteiger partial charge in [-0.05, 0) is 13.0 Å². The van der Waals surface area contributed by atoms with Crippen molar-refractivity contribution in [2.45, 2.75) is 6.42 Å². The summed E-state index contributed by atoms with van der Waals surface area (Å²) in [7, 11) is 0. The Morgan fingerprint density at radius 3 is 2.65 bits per heavy atom. The third-order valence-electron chi connectivity index (χ3n) is 3.80. The first kappa shape index (κ1) is 17.7. The van der Waals surface area contributed by atoms with Crippen LogP contribution in [0.1, 0.15) is 6.42 Å². The van der Waals surface area contributed by atoms with Gasteiger partial charge < -0.3 is 10.1 Å². The molecule has 1 aromatic carbocycles. The van der Waals surface area contributed by atoms with Crippen LogP contribution < -0.4 is 5.32 Å². The number of aromatic nitrogens is 2. The van der Waals surface area contributed by atoms with E-state index in [9.17, 15) is 0 Å². The third kappa shape index (κ3) is 5.46. The van der Waals surface area contributed by atoms with E-state index in [1.807, 2.05) is 24.3 Å². The standard InChI is InChI=1S/C17H22N4O.ClH/c1-2-5-15(6-3-1)16-13-17(20-14-19-16)18-7-4-8-21-9-11-22-12-10-21;/h1-3,5-6,13-14H,4,7-12H2,(H,18,19,20);1H.